The number of carbonyl (C=O) groups is 1. The van der Waals surface area contributed by atoms with Crippen LogP contribution in [0.25, 0.3) is 10.9 Å². The first-order valence-corrected chi connectivity index (χ1v) is 8.32. The zero-order valence-electron chi connectivity index (χ0n) is 14.0. The van der Waals surface area contributed by atoms with Gasteiger partial charge in [0.15, 0.2) is 0 Å². The molecule has 2 aromatic carbocycles. The van der Waals surface area contributed by atoms with Gasteiger partial charge in [-0.2, -0.15) is 0 Å². The van der Waals surface area contributed by atoms with Crippen LogP contribution in [0.4, 0.5) is 5.82 Å². The van der Waals surface area contributed by atoms with E-state index in [1.807, 2.05) is 30.3 Å². The van der Waals surface area contributed by atoms with Gasteiger partial charge < -0.3 is 20.3 Å². The van der Waals surface area contributed by atoms with E-state index in [-0.39, 0.29) is 11.7 Å². The van der Waals surface area contributed by atoms with Gasteiger partial charge in [0, 0.05) is 10.9 Å². The maximum absolute atomic E-state index is 11.3. The van der Waals surface area contributed by atoms with Gasteiger partial charge in [0.05, 0.1) is 30.9 Å². The molecule has 0 amide bonds. The molecule has 0 saturated carbocycles. The number of pyridine rings is 1. The van der Waals surface area contributed by atoms with Gasteiger partial charge in [-0.05, 0) is 29.3 Å². The van der Waals surface area contributed by atoms with E-state index in [0.717, 1.165) is 22.1 Å². The number of aromatic nitrogens is 1. The summed E-state index contributed by atoms with van der Waals surface area (Å²) in [5, 5.41) is 9.99. The lowest BCUT2D eigenvalue weighted by Crippen LogP contribution is -2.10. The zero-order chi connectivity index (χ0) is 18.1. The van der Waals surface area contributed by atoms with Crippen molar-refractivity contribution >= 4 is 22.7 Å². The third-order valence-electron chi connectivity index (χ3n) is 4.54. The fourth-order valence-corrected chi connectivity index (χ4v) is 3.27. The number of hydrogen-bond acceptors (Lipinski definition) is 5. The molecular weight excluding hydrogens is 332 g/mol. The van der Waals surface area contributed by atoms with Crippen molar-refractivity contribution in [3.05, 3.63) is 70.8 Å². The number of nitrogen functional groups attached to an aromatic ring is 1. The number of ether oxygens (including phenoxy) is 2. The van der Waals surface area contributed by atoms with Crippen molar-refractivity contribution in [1.29, 1.82) is 0 Å². The van der Waals surface area contributed by atoms with E-state index in [0.29, 0.717) is 31.2 Å². The van der Waals surface area contributed by atoms with Crippen LogP contribution in [-0.4, -0.2) is 22.7 Å². The average molecular weight is 350 g/mol. The second-order valence-electron chi connectivity index (χ2n) is 6.23. The van der Waals surface area contributed by atoms with Gasteiger partial charge >= 0.3 is 5.97 Å². The highest BCUT2D eigenvalue weighted by atomic mass is 16.5. The van der Waals surface area contributed by atoms with Gasteiger partial charge in [-0.3, -0.25) is 0 Å². The van der Waals surface area contributed by atoms with E-state index in [1.165, 1.54) is 6.07 Å². The Morgan fingerprint density at radius 1 is 1.27 bits per heavy atom. The van der Waals surface area contributed by atoms with E-state index in [9.17, 15) is 9.90 Å². The van der Waals surface area contributed by atoms with Crippen LogP contribution in [0, 0.1) is 0 Å². The lowest BCUT2D eigenvalue weighted by atomic mass is 10.00. The molecule has 1 aliphatic heterocycles. The Kier molecular flexibility index (Phi) is 4.28. The van der Waals surface area contributed by atoms with Crippen LogP contribution < -0.4 is 5.73 Å². The number of fused-ring (bicyclic) bond motifs is 3. The molecule has 1 unspecified atom stereocenters. The molecule has 2 heterocycles. The minimum Gasteiger partial charge on any atom is -0.478 e. The summed E-state index contributed by atoms with van der Waals surface area (Å²) >= 11 is 0. The van der Waals surface area contributed by atoms with Gasteiger partial charge in [0.2, 0.25) is 0 Å². The van der Waals surface area contributed by atoms with Crippen molar-refractivity contribution in [1.82, 2.24) is 4.98 Å². The molecule has 0 aliphatic carbocycles. The van der Waals surface area contributed by atoms with Crippen LogP contribution in [0.3, 0.4) is 0 Å². The second-order valence-corrected chi connectivity index (χ2v) is 6.23. The number of hydrogen-bond donors (Lipinski definition) is 2. The minimum atomic E-state index is -0.973. The van der Waals surface area contributed by atoms with Crippen LogP contribution in [0.2, 0.25) is 0 Å². The predicted octanol–water partition coefficient (Wildman–Crippen LogP) is 3.30. The summed E-state index contributed by atoms with van der Waals surface area (Å²) in [7, 11) is 0. The molecule has 0 spiro atoms. The number of nitrogens with two attached hydrogens (primary N) is 1. The van der Waals surface area contributed by atoms with Crippen LogP contribution >= 0.6 is 0 Å². The molecule has 1 atom stereocenters. The quantitative estimate of drug-likeness (QED) is 0.733. The molecule has 0 bridgehead atoms. The van der Waals surface area contributed by atoms with Crippen molar-refractivity contribution in [2.75, 3.05) is 12.3 Å². The molecule has 26 heavy (non-hydrogen) atoms. The van der Waals surface area contributed by atoms with Gasteiger partial charge in [0.1, 0.15) is 11.9 Å². The summed E-state index contributed by atoms with van der Waals surface area (Å²) in [6, 6.07) is 14.7. The monoisotopic (exact) mass is 350 g/mol. The van der Waals surface area contributed by atoms with E-state index < -0.39 is 5.97 Å². The molecule has 0 fully saturated rings. The van der Waals surface area contributed by atoms with Gasteiger partial charge in [0.25, 0.3) is 0 Å². The van der Waals surface area contributed by atoms with Crippen molar-refractivity contribution < 1.29 is 19.4 Å². The minimum absolute atomic E-state index is 0.218. The number of aromatic carboxylic acids is 1. The number of benzene rings is 2. The molecular formula is C20H18N2O4. The van der Waals surface area contributed by atoms with E-state index in [2.05, 4.69) is 4.98 Å². The lowest BCUT2D eigenvalue weighted by molar-refractivity contribution is -0.0143. The summed E-state index contributed by atoms with van der Waals surface area (Å²) in [4.78, 5) is 15.7. The summed E-state index contributed by atoms with van der Waals surface area (Å²) < 4.78 is 11.6. The van der Waals surface area contributed by atoms with E-state index >= 15 is 0 Å². The van der Waals surface area contributed by atoms with Crippen molar-refractivity contribution in [3.8, 4) is 0 Å². The SMILES string of the molecule is Nc1nc2ccc(C(=O)O)cc2c2c1C(COCc1ccccc1)OC2. The normalized spacial score (nSPS) is 15.9. The largest absolute Gasteiger partial charge is 0.478 e. The lowest BCUT2D eigenvalue weighted by Gasteiger charge is -2.14. The molecule has 1 aliphatic rings. The van der Waals surface area contributed by atoms with Crippen LogP contribution in [-0.2, 0) is 22.7 Å². The number of nitrogens with zero attached hydrogens (tertiary/aromatic N) is 1. The molecule has 6 heteroatoms. The number of rotatable bonds is 5. The maximum Gasteiger partial charge on any atom is 0.335 e. The molecule has 3 aromatic rings. The standard InChI is InChI=1S/C20H18N2O4/c21-19-18-15(14-8-13(20(23)24)6-7-16(14)22-19)10-26-17(18)11-25-9-12-4-2-1-3-5-12/h1-8,17H,9-11H2,(H2,21,22)(H,23,24). The topological polar surface area (TPSA) is 94.7 Å². The first-order valence-electron chi connectivity index (χ1n) is 8.32. The highest BCUT2D eigenvalue weighted by Gasteiger charge is 2.29. The van der Waals surface area contributed by atoms with Crippen molar-refractivity contribution in [2.24, 2.45) is 0 Å². The zero-order valence-corrected chi connectivity index (χ0v) is 14.0. The highest BCUT2D eigenvalue weighted by Crippen LogP contribution is 2.38. The fourth-order valence-electron chi connectivity index (χ4n) is 3.27. The summed E-state index contributed by atoms with van der Waals surface area (Å²) in [5.74, 6) is -0.569. The summed E-state index contributed by atoms with van der Waals surface area (Å²) in [6.07, 6.45) is -0.306. The first-order chi connectivity index (χ1) is 12.6. The maximum atomic E-state index is 11.3. The Labute approximate surface area is 150 Å². The Morgan fingerprint density at radius 2 is 2.08 bits per heavy atom. The molecule has 1 aromatic heterocycles. The summed E-state index contributed by atoms with van der Waals surface area (Å²) in [5.41, 5.74) is 9.81. The van der Waals surface area contributed by atoms with Crippen molar-refractivity contribution in [2.45, 2.75) is 19.3 Å². The van der Waals surface area contributed by atoms with Gasteiger partial charge in [-0.1, -0.05) is 30.3 Å². The van der Waals surface area contributed by atoms with Crippen molar-refractivity contribution in [3.63, 3.8) is 0 Å². The van der Waals surface area contributed by atoms with Gasteiger partial charge in [-0.25, -0.2) is 9.78 Å². The smallest absolute Gasteiger partial charge is 0.335 e. The Morgan fingerprint density at radius 3 is 2.85 bits per heavy atom. The number of carboxylic acids is 1. The first kappa shape index (κ1) is 16.5. The third kappa shape index (κ3) is 3.00. The van der Waals surface area contributed by atoms with Gasteiger partial charge in [-0.15, -0.1) is 0 Å². The molecule has 6 nitrogen and oxygen atoms in total. The second kappa shape index (κ2) is 6.74. The van der Waals surface area contributed by atoms with E-state index in [1.54, 1.807) is 12.1 Å². The van der Waals surface area contributed by atoms with E-state index in [4.69, 9.17) is 15.2 Å². The Bertz CT molecular complexity index is 972. The van der Waals surface area contributed by atoms with Crippen LogP contribution in [0.5, 0.6) is 0 Å². The number of carboxylic acid groups (broad SMARTS) is 1. The predicted molar refractivity (Wildman–Crippen MR) is 96.7 cm³/mol. The molecule has 132 valence electrons. The highest BCUT2D eigenvalue weighted by molar-refractivity contribution is 5.95. The average Bonchev–Trinajstić information content (AvgIpc) is 3.07. The molecule has 4 rings (SSSR count). The van der Waals surface area contributed by atoms with Crippen LogP contribution in [0.15, 0.2) is 48.5 Å². The molecule has 0 saturated heterocycles. The number of anilines is 1. The fraction of sp³-hybridized carbons (Fsp3) is 0.200. The molecule has 0 radical (unpaired) electrons. The Hall–Kier alpha value is -2.96. The van der Waals surface area contributed by atoms with Crippen LogP contribution in [0.1, 0.15) is 33.2 Å². The molecule has 3 N–H and O–H groups in total. The Balaban J connectivity index is 1.60. The third-order valence-corrected chi connectivity index (χ3v) is 4.54. The summed E-state index contributed by atoms with van der Waals surface area (Å²) in [6.45, 7) is 1.21.